The van der Waals surface area contributed by atoms with Crippen LogP contribution in [0.1, 0.15) is 6.92 Å². The van der Waals surface area contributed by atoms with Crippen LogP contribution < -0.4 is 10.6 Å². The summed E-state index contributed by atoms with van der Waals surface area (Å²) in [5.41, 5.74) is 0.792. The Kier molecular flexibility index (Phi) is 4.37. The molecule has 0 saturated carbocycles. The average molecular weight is 246 g/mol. The molecule has 1 amide bonds. The number of alkyl halides is 3. The van der Waals surface area contributed by atoms with E-state index in [-0.39, 0.29) is 6.54 Å². The standard InChI is InChI=1S/C11H13F3N2O/c1-8(16-10(17)11(12,13)14)7-15-9-5-3-2-4-6-9/h2-6,8,15H,7H2,1H3,(H,16,17). The number of halogens is 3. The van der Waals surface area contributed by atoms with Gasteiger partial charge in [0.25, 0.3) is 0 Å². The van der Waals surface area contributed by atoms with Gasteiger partial charge in [-0.15, -0.1) is 0 Å². The van der Waals surface area contributed by atoms with Gasteiger partial charge in [-0.25, -0.2) is 0 Å². The van der Waals surface area contributed by atoms with E-state index in [1.165, 1.54) is 6.92 Å². The van der Waals surface area contributed by atoms with Crippen LogP contribution >= 0.6 is 0 Å². The zero-order chi connectivity index (χ0) is 12.9. The van der Waals surface area contributed by atoms with Gasteiger partial charge in [-0.2, -0.15) is 13.2 Å². The van der Waals surface area contributed by atoms with Gasteiger partial charge in [-0.3, -0.25) is 4.79 Å². The van der Waals surface area contributed by atoms with E-state index in [0.717, 1.165) is 5.69 Å². The summed E-state index contributed by atoms with van der Waals surface area (Å²) < 4.78 is 35.8. The Morgan fingerprint density at radius 1 is 1.29 bits per heavy atom. The fraction of sp³-hybridized carbons (Fsp3) is 0.364. The third-order valence-electron chi connectivity index (χ3n) is 2.02. The molecule has 1 atom stereocenters. The lowest BCUT2D eigenvalue weighted by atomic mass is 10.3. The molecular weight excluding hydrogens is 233 g/mol. The molecule has 0 heterocycles. The predicted molar refractivity (Wildman–Crippen MR) is 58.6 cm³/mol. The monoisotopic (exact) mass is 246 g/mol. The molecule has 1 aromatic rings. The number of anilines is 1. The average Bonchev–Trinajstić information content (AvgIpc) is 2.26. The van der Waals surface area contributed by atoms with Crippen molar-refractivity contribution in [3.05, 3.63) is 30.3 Å². The first-order valence-corrected chi connectivity index (χ1v) is 5.06. The Morgan fingerprint density at radius 3 is 2.41 bits per heavy atom. The highest BCUT2D eigenvalue weighted by Crippen LogP contribution is 2.14. The highest BCUT2D eigenvalue weighted by atomic mass is 19.4. The summed E-state index contributed by atoms with van der Waals surface area (Å²) in [5, 5.41) is 4.78. The third-order valence-corrected chi connectivity index (χ3v) is 2.02. The Hall–Kier alpha value is -1.72. The van der Waals surface area contributed by atoms with Crippen molar-refractivity contribution in [1.29, 1.82) is 0 Å². The number of hydrogen-bond donors (Lipinski definition) is 2. The molecule has 94 valence electrons. The number of hydrogen-bond acceptors (Lipinski definition) is 2. The van der Waals surface area contributed by atoms with Crippen LogP contribution in [-0.4, -0.2) is 24.7 Å². The van der Waals surface area contributed by atoms with Crippen molar-refractivity contribution < 1.29 is 18.0 Å². The number of carbonyl (C=O) groups is 1. The fourth-order valence-electron chi connectivity index (χ4n) is 1.18. The lowest BCUT2D eigenvalue weighted by Crippen LogP contribution is -2.44. The van der Waals surface area contributed by atoms with E-state index in [9.17, 15) is 18.0 Å². The number of carbonyl (C=O) groups excluding carboxylic acids is 1. The minimum atomic E-state index is -4.83. The largest absolute Gasteiger partial charge is 0.471 e. The predicted octanol–water partition coefficient (Wildman–Crippen LogP) is 2.17. The maximum atomic E-state index is 11.9. The Bertz CT molecular complexity index is 365. The van der Waals surface area contributed by atoms with Crippen molar-refractivity contribution in [3.8, 4) is 0 Å². The van der Waals surface area contributed by atoms with E-state index in [1.54, 1.807) is 24.3 Å². The van der Waals surface area contributed by atoms with Gasteiger partial charge in [-0.05, 0) is 19.1 Å². The SMILES string of the molecule is CC(CNc1ccccc1)NC(=O)C(F)(F)F. The highest BCUT2D eigenvalue weighted by Gasteiger charge is 2.39. The van der Waals surface area contributed by atoms with E-state index in [4.69, 9.17) is 0 Å². The maximum Gasteiger partial charge on any atom is 0.471 e. The van der Waals surface area contributed by atoms with Crippen LogP contribution in [0.3, 0.4) is 0 Å². The maximum absolute atomic E-state index is 11.9. The van der Waals surface area contributed by atoms with Crippen molar-refractivity contribution in [2.24, 2.45) is 0 Å². The van der Waals surface area contributed by atoms with Crippen LogP contribution in [0.25, 0.3) is 0 Å². The number of amides is 1. The summed E-state index contributed by atoms with van der Waals surface area (Å²) in [6, 6.07) is 8.42. The highest BCUT2D eigenvalue weighted by molar-refractivity contribution is 5.81. The van der Waals surface area contributed by atoms with Gasteiger partial charge in [0.1, 0.15) is 0 Å². The molecule has 0 aromatic heterocycles. The first-order chi connectivity index (χ1) is 7.89. The van der Waals surface area contributed by atoms with E-state index >= 15 is 0 Å². The molecule has 6 heteroatoms. The smallest absolute Gasteiger partial charge is 0.383 e. The number of benzene rings is 1. The molecule has 0 spiro atoms. The van der Waals surface area contributed by atoms with E-state index in [2.05, 4.69) is 5.32 Å². The Morgan fingerprint density at radius 2 is 1.88 bits per heavy atom. The Balaban J connectivity index is 2.36. The summed E-state index contributed by atoms with van der Waals surface area (Å²) in [7, 11) is 0. The summed E-state index contributed by atoms with van der Waals surface area (Å²) in [6.45, 7) is 1.73. The summed E-state index contributed by atoms with van der Waals surface area (Å²) in [4.78, 5) is 10.6. The minimum Gasteiger partial charge on any atom is -0.383 e. The Labute approximate surface area is 97.0 Å². The number of rotatable bonds is 4. The molecule has 2 N–H and O–H groups in total. The molecule has 0 aliphatic carbocycles. The molecular formula is C11H13F3N2O. The second-order valence-electron chi connectivity index (χ2n) is 3.62. The quantitative estimate of drug-likeness (QED) is 0.854. The molecule has 3 nitrogen and oxygen atoms in total. The van der Waals surface area contributed by atoms with E-state index in [0.29, 0.717) is 0 Å². The van der Waals surface area contributed by atoms with Crippen LogP contribution in [-0.2, 0) is 4.79 Å². The van der Waals surface area contributed by atoms with Crippen molar-refractivity contribution in [2.45, 2.75) is 19.1 Å². The van der Waals surface area contributed by atoms with Gasteiger partial charge in [0.2, 0.25) is 0 Å². The normalized spacial score (nSPS) is 12.9. The molecule has 0 radical (unpaired) electrons. The van der Waals surface area contributed by atoms with Crippen LogP contribution in [0.5, 0.6) is 0 Å². The fourth-order valence-corrected chi connectivity index (χ4v) is 1.18. The van der Waals surface area contributed by atoms with Crippen LogP contribution in [0.4, 0.5) is 18.9 Å². The first kappa shape index (κ1) is 13.3. The van der Waals surface area contributed by atoms with Crippen molar-refractivity contribution in [3.63, 3.8) is 0 Å². The molecule has 0 aliphatic rings. The van der Waals surface area contributed by atoms with E-state index < -0.39 is 18.1 Å². The molecule has 0 bridgehead atoms. The number of para-hydroxylation sites is 1. The summed E-state index contributed by atoms with van der Waals surface area (Å²) >= 11 is 0. The van der Waals surface area contributed by atoms with Gasteiger partial charge >= 0.3 is 12.1 Å². The van der Waals surface area contributed by atoms with Gasteiger partial charge in [0.05, 0.1) is 0 Å². The zero-order valence-corrected chi connectivity index (χ0v) is 9.21. The van der Waals surface area contributed by atoms with Gasteiger partial charge in [-0.1, -0.05) is 18.2 Å². The second-order valence-corrected chi connectivity index (χ2v) is 3.62. The van der Waals surface area contributed by atoms with Crippen molar-refractivity contribution >= 4 is 11.6 Å². The molecule has 1 aromatic carbocycles. The van der Waals surface area contributed by atoms with Crippen LogP contribution in [0, 0.1) is 0 Å². The van der Waals surface area contributed by atoms with Crippen LogP contribution in [0.2, 0.25) is 0 Å². The van der Waals surface area contributed by atoms with Gasteiger partial charge in [0, 0.05) is 18.3 Å². The van der Waals surface area contributed by atoms with Gasteiger partial charge in [0.15, 0.2) is 0 Å². The lowest BCUT2D eigenvalue weighted by Gasteiger charge is -2.16. The second kappa shape index (κ2) is 5.56. The molecule has 0 saturated heterocycles. The molecule has 1 unspecified atom stereocenters. The molecule has 1 rings (SSSR count). The lowest BCUT2D eigenvalue weighted by molar-refractivity contribution is -0.174. The summed E-state index contributed by atoms with van der Waals surface area (Å²) in [6.07, 6.45) is -4.83. The topological polar surface area (TPSA) is 41.1 Å². The van der Waals surface area contributed by atoms with E-state index in [1.807, 2.05) is 11.4 Å². The molecule has 17 heavy (non-hydrogen) atoms. The van der Waals surface area contributed by atoms with Crippen LogP contribution in [0.15, 0.2) is 30.3 Å². The third kappa shape index (κ3) is 4.76. The summed E-state index contributed by atoms with van der Waals surface area (Å²) in [5.74, 6) is -1.92. The number of nitrogens with one attached hydrogen (secondary N) is 2. The van der Waals surface area contributed by atoms with Crippen molar-refractivity contribution in [2.75, 3.05) is 11.9 Å². The molecule has 0 aliphatic heterocycles. The van der Waals surface area contributed by atoms with Crippen molar-refractivity contribution in [1.82, 2.24) is 5.32 Å². The first-order valence-electron chi connectivity index (χ1n) is 5.06. The van der Waals surface area contributed by atoms with Gasteiger partial charge < -0.3 is 10.6 Å². The zero-order valence-electron chi connectivity index (χ0n) is 9.21. The minimum absolute atomic E-state index is 0.228. The molecule has 0 fully saturated rings.